The van der Waals surface area contributed by atoms with Crippen LogP contribution in [0.15, 0.2) is 24.3 Å². The molecule has 1 fully saturated rings. The highest BCUT2D eigenvalue weighted by Gasteiger charge is 2.34. The first-order valence-electron chi connectivity index (χ1n) is 6.41. The summed E-state index contributed by atoms with van der Waals surface area (Å²) < 4.78 is 0. The number of carboxylic acid groups (broad SMARTS) is 1. The maximum absolute atomic E-state index is 12.2. The number of amides is 1. The van der Waals surface area contributed by atoms with E-state index in [1.165, 1.54) is 12.1 Å². The van der Waals surface area contributed by atoms with Gasteiger partial charge in [0, 0.05) is 5.69 Å². The van der Waals surface area contributed by atoms with Crippen LogP contribution in [0.25, 0.3) is 0 Å². The molecule has 1 aromatic rings. The van der Waals surface area contributed by atoms with E-state index in [1.54, 1.807) is 12.1 Å². The number of anilines is 1. The smallest absolute Gasteiger partial charge is 0.335 e. The third kappa shape index (κ3) is 3.12. The van der Waals surface area contributed by atoms with Crippen LogP contribution in [0.4, 0.5) is 5.69 Å². The van der Waals surface area contributed by atoms with Crippen molar-refractivity contribution in [1.82, 2.24) is 5.32 Å². The van der Waals surface area contributed by atoms with Crippen LogP contribution in [0, 0.1) is 0 Å². The van der Waals surface area contributed by atoms with Crippen molar-refractivity contribution in [3.63, 3.8) is 0 Å². The molecule has 0 aliphatic carbocycles. The van der Waals surface area contributed by atoms with Gasteiger partial charge < -0.3 is 15.7 Å². The van der Waals surface area contributed by atoms with E-state index in [9.17, 15) is 9.59 Å². The van der Waals surface area contributed by atoms with Crippen molar-refractivity contribution in [2.45, 2.75) is 31.7 Å². The Morgan fingerprint density at radius 2 is 2.16 bits per heavy atom. The van der Waals surface area contributed by atoms with Crippen LogP contribution in [-0.4, -0.2) is 29.1 Å². The van der Waals surface area contributed by atoms with Crippen molar-refractivity contribution in [1.29, 1.82) is 0 Å². The summed E-state index contributed by atoms with van der Waals surface area (Å²) in [5, 5.41) is 14.9. The van der Waals surface area contributed by atoms with Gasteiger partial charge in [0.15, 0.2) is 0 Å². The van der Waals surface area contributed by atoms with E-state index in [-0.39, 0.29) is 11.5 Å². The molecule has 0 spiro atoms. The Morgan fingerprint density at radius 1 is 1.37 bits per heavy atom. The van der Waals surface area contributed by atoms with Gasteiger partial charge in [-0.3, -0.25) is 4.79 Å². The number of nitrogens with one attached hydrogen (secondary N) is 2. The number of piperidine rings is 1. The van der Waals surface area contributed by atoms with Gasteiger partial charge in [-0.2, -0.15) is 0 Å². The molecule has 1 aliphatic rings. The Kier molecular flexibility index (Phi) is 3.85. The number of hydrogen-bond donors (Lipinski definition) is 3. The molecule has 1 aliphatic heterocycles. The van der Waals surface area contributed by atoms with Crippen LogP contribution < -0.4 is 10.6 Å². The molecule has 0 aromatic heterocycles. The Balaban J connectivity index is 2.10. The van der Waals surface area contributed by atoms with E-state index in [0.717, 1.165) is 25.8 Å². The minimum atomic E-state index is -1.00. The number of aromatic carboxylic acids is 1. The Labute approximate surface area is 112 Å². The largest absolute Gasteiger partial charge is 0.478 e. The minimum absolute atomic E-state index is 0.116. The van der Waals surface area contributed by atoms with Gasteiger partial charge in [0.25, 0.3) is 0 Å². The lowest BCUT2D eigenvalue weighted by molar-refractivity contribution is -0.122. The third-order valence-electron chi connectivity index (χ3n) is 3.49. The quantitative estimate of drug-likeness (QED) is 0.777. The van der Waals surface area contributed by atoms with E-state index in [4.69, 9.17) is 5.11 Å². The van der Waals surface area contributed by atoms with Gasteiger partial charge in [-0.25, -0.2) is 4.79 Å². The highest BCUT2D eigenvalue weighted by molar-refractivity contribution is 5.99. The predicted molar refractivity (Wildman–Crippen MR) is 72.3 cm³/mol. The third-order valence-corrected chi connectivity index (χ3v) is 3.49. The fourth-order valence-electron chi connectivity index (χ4n) is 2.25. The van der Waals surface area contributed by atoms with Gasteiger partial charge >= 0.3 is 5.97 Å². The summed E-state index contributed by atoms with van der Waals surface area (Å²) in [7, 11) is 0. The second kappa shape index (κ2) is 5.40. The molecule has 5 heteroatoms. The molecular weight excluding hydrogens is 244 g/mol. The zero-order valence-corrected chi connectivity index (χ0v) is 10.9. The summed E-state index contributed by atoms with van der Waals surface area (Å²) in [4.78, 5) is 23.1. The zero-order chi connectivity index (χ0) is 13.9. The number of benzene rings is 1. The maximum Gasteiger partial charge on any atom is 0.335 e. The molecule has 1 amide bonds. The van der Waals surface area contributed by atoms with E-state index in [2.05, 4.69) is 10.6 Å². The SMILES string of the molecule is CC1(C(=O)Nc2cccc(C(=O)O)c2)CCCCN1. The summed E-state index contributed by atoms with van der Waals surface area (Å²) in [6, 6.07) is 6.28. The molecule has 1 heterocycles. The second-order valence-corrected chi connectivity index (χ2v) is 5.06. The summed E-state index contributed by atoms with van der Waals surface area (Å²) in [5.74, 6) is -1.12. The Bertz CT molecular complexity index is 493. The summed E-state index contributed by atoms with van der Waals surface area (Å²) in [6.45, 7) is 2.71. The standard InChI is InChI=1S/C14H18N2O3/c1-14(7-2-3-8-15-14)13(19)16-11-6-4-5-10(9-11)12(17)18/h4-6,9,15H,2-3,7-8H2,1H3,(H,16,19)(H,17,18). The van der Waals surface area contributed by atoms with Gasteiger partial charge in [-0.15, -0.1) is 0 Å². The van der Waals surface area contributed by atoms with Gasteiger partial charge in [-0.1, -0.05) is 6.07 Å². The van der Waals surface area contributed by atoms with E-state index < -0.39 is 11.5 Å². The van der Waals surface area contributed by atoms with Crippen molar-refractivity contribution < 1.29 is 14.7 Å². The highest BCUT2D eigenvalue weighted by atomic mass is 16.4. The van der Waals surface area contributed by atoms with Gasteiger partial charge in [0.2, 0.25) is 5.91 Å². The molecule has 3 N–H and O–H groups in total. The average Bonchev–Trinajstić information content (AvgIpc) is 2.40. The number of carbonyl (C=O) groups excluding carboxylic acids is 1. The van der Waals surface area contributed by atoms with Crippen LogP contribution in [0.3, 0.4) is 0 Å². The number of carbonyl (C=O) groups is 2. The van der Waals surface area contributed by atoms with Crippen LogP contribution in [-0.2, 0) is 4.79 Å². The van der Waals surface area contributed by atoms with E-state index in [0.29, 0.717) is 5.69 Å². The molecule has 0 saturated carbocycles. The Hall–Kier alpha value is -1.88. The van der Waals surface area contributed by atoms with Crippen LogP contribution in [0.1, 0.15) is 36.5 Å². The van der Waals surface area contributed by atoms with E-state index in [1.807, 2.05) is 6.92 Å². The molecule has 1 aromatic carbocycles. The van der Waals surface area contributed by atoms with E-state index >= 15 is 0 Å². The number of carboxylic acids is 1. The lowest BCUT2D eigenvalue weighted by atomic mass is 9.90. The molecule has 102 valence electrons. The molecule has 1 atom stereocenters. The first kappa shape index (κ1) is 13.5. The monoisotopic (exact) mass is 262 g/mol. The summed E-state index contributed by atoms with van der Waals surface area (Å²) in [5.41, 5.74) is 0.107. The van der Waals surface area contributed by atoms with Crippen molar-refractivity contribution in [3.8, 4) is 0 Å². The second-order valence-electron chi connectivity index (χ2n) is 5.06. The molecular formula is C14H18N2O3. The lowest BCUT2D eigenvalue weighted by Gasteiger charge is -2.33. The topological polar surface area (TPSA) is 78.4 Å². The Morgan fingerprint density at radius 3 is 2.79 bits per heavy atom. The first-order valence-corrected chi connectivity index (χ1v) is 6.41. The molecule has 19 heavy (non-hydrogen) atoms. The highest BCUT2D eigenvalue weighted by Crippen LogP contribution is 2.21. The first-order chi connectivity index (χ1) is 9.01. The van der Waals surface area contributed by atoms with Crippen LogP contribution in [0.2, 0.25) is 0 Å². The lowest BCUT2D eigenvalue weighted by Crippen LogP contribution is -2.54. The fourth-order valence-corrected chi connectivity index (χ4v) is 2.25. The van der Waals surface area contributed by atoms with Crippen LogP contribution >= 0.6 is 0 Å². The van der Waals surface area contributed by atoms with Crippen molar-refractivity contribution in [2.24, 2.45) is 0 Å². The van der Waals surface area contributed by atoms with Crippen molar-refractivity contribution in [2.75, 3.05) is 11.9 Å². The molecule has 1 saturated heterocycles. The summed E-state index contributed by atoms with van der Waals surface area (Å²) in [6.07, 6.45) is 2.89. The molecule has 1 unspecified atom stereocenters. The normalized spacial score (nSPS) is 22.8. The molecule has 5 nitrogen and oxygen atoms in total. The molecule has 0 radical (unpaired) electrons. The fraction of sp³-hybridized carbons (Fsp3) is 0.429. The van der Waals surface area contributed by atoms with Crippen LogP contribution in [0.5, 0.6) is 0 Å². The molecule has 0 bridgehead atoms. The maximum atomic E-state index is 12.2. The van der Waals surface area contributed by atoms with Gasteiger partial charge in [0.1, 0.15) is 0 Å². The van der Waals surface area contributed by atoms with Crippen molar-refractivity contribution >= 4 is 17.6 Å². The summed E-state index contributed by atoms with van der Waals surface area (Å²) >= 11 is 0. The minimum Gasteiger partial charge on any atom is -0.478 e. The molecule has 2 rings (SSSR count). The van der Waals surface area contributed by atoms with Gasteiger partial charge in [-0.05, 0) is 50.9 Å². The van der Waals surface area contributed by atoms with Gasteiger partial charge in [0.05, 0.1) is 11.1 Å². The predicted octanol–water partition coefficient (Wildman–Crippen LogP) is 1.86. The van der Waals surface area contributed by atoms with Crippen molar-refractivity contribution in [3.05, 3.63) is 29.8 Å². The number of hydrogen-bond acceptors (Lipinski definition) is 3. The average molecular weight is 262 g/mol. The number of rotatable bonds is 3. The zero-order valence-electron chi connectivity index (χ0n) is 10.9.